The van der Waals surface area contributed by atoms with Crippen molar-refractivity contribution >= 4 is 17.4 Å². The lowest BCUT2D eigenvalue weighted by atomic mass is 9.88. The Labute approximate surface area is 137 Å². The predicted octanol–water partition coefficient (Wildman–Crippen LogP) is 3.28. The second-order valence-corrected chi connectivity index (χ2v) is 8.27. The normalized spacial score (nSPS) is 19.4. The Morgan fingerprint density at radius 3 is 2.52 bits per heavy atom. The summed E-state index contributed by atoms with van der Waals surface area (Å²) in [6.45, 7) is 10.2. The Morgan fingerprint density at radius 2 is 1.96 bits per heavy atom. The molecule has 1 aromatic heterocycles. The van der Waals surface area contributed by atoms with Gasteiger partial charge in [0.25, 0.3) is 0 Å². The molecule has 0 bridgehead atoms. The van der Waals surface area contributed by atoms with Crippen LogP contribution in [0.15, 0.2) is 12.3 Å². The van der Waals surface area contributed by atoms with Gasteiger partial charge in [0.15, 0.2) is 5.78 Å². The molecule has 3 rings (SSSR count). The van der Waals surface area contributed by atoms with Crippen LogP contribution in [0.5, 0.6) is 0 Å². The largest absolute Gasteiger partial charge is 0.340 e. The van der Waals surface area contributed by atoms with Gasteiger partial charge in [-0.2, -0.15) is 0 Å². The molecule has 0 spiro atoms. The standard InChI is InChI=1S/C18H24N2O3/c1-17(2,3)16(22)23-20-10-18(4,5)12-9-19-13(8-14(12)20)15(21)11-6-7-11/h8-9,11H,6-7,10H2,1-5H3. The molecule has 124 valence electrons. The summed E-state index contributed by atoms with van der Waals surface area (Å²) >= 11 is 0. The number of pyridine rings is 1. The van der Waals surface area contributed by atoms with Crippen LogP contribution in [-0.4, -0.2) is 23.3 Å². The van der Waals surface area contributed by atoms with Crippen molar-refractivity contribution in [3.8, 4) is 0 Å². The number of hydroxylamine groups is 1. The summed E-state index contributed by atoms with van der Waals surface area (Å²) < 4.78 is 0. The number of ketones is 1. The SMILES string of the molecule is CC(C)(C)C(=O)ON1CC(C)(C)c2cnc(C(=O)C3CC3)cc21. The molecule has 0 saturated heterocycles. The number of hydrogen-bond donors (Lipinski definition) is 0. The van der Waals surface area contributed by atoms with E-state index < -0.39 is 5.41 Å². The van der Waals surface area contributed by atoms with Crippen LogP contribution in [0.1, 0.15) is 63.5 Å². The molecule has 2 aliphatic rings. The van der Waals surface area contributed by atoms with Gasteiger partial charge in [0.2, 0.25) is 0 Å². The van der Waals surface area contributed by atoms with Gasteiger partial charge in [-0.15, -0.1) is 0 Å². The monoisotopic (exact) mass is 316 g/mol. The smallest absolute Gasteiger partial charge is 0.337 e. The average molecular weight is 316 g/mol. The van der Waals surface area contributed by atoms with E-state index in [1.807, 2.05) is 20.8 Å². The highest BCUT2D eigenvalue weighted by Gasteiger charge is 2.40. The summed E-state index contributed by atoms with van der Waals surface area (Å²) in [4.78, 5) is 34.5. The molecule has 0 N–H and O–H groups in total. The van der Waals surface area contributed by atoms with E-state index in [1.165, 1.54) is 0 Å². The molecule has 1 aromatic rings. The molecule has 0 radical (unpaired) electrons. The number of fused-ring (bicyclic) bond motifs is 1. The van der Waals surface area contributed by atoms with E-state index in [1.54, 1.807) is 17.3 Å². The number of Topliss-reactive ketones (excluding diaryl/α,β-unsaturated/α-hetero) is 1. The van der Waals surface area contributed by atoms with E-state index in [-0.39, 0.29) is 23.1 Å². The van der Waals surface area contributed by atoms with E-state index >= 15 is 0 Å². The van der Waals surface area contributed by atoms with Gasteiger partial charge in [-0.25, -0.2) is 9.86 Å². The molecule has 1 aliphatic heterocycles. The lowest BCUT2D eigenvalue weighted by molar-refractivity contribution is -0.154. The quantitative estimate of drug-likeness (QED) is 0.801. The van der Waals surface area contributed by atoms with Crippen LogP contribution >= 0.6 is 0 Å². The molecule has 1 aliphatic carbocycles. The zero-order valence-corrected chi connectivity index (χ0v) is 14.5. The number of anilines is 1. The van der Waals surface area contributed by atoms with E-state index in [0.29, 0.717) is 12.2 Å². The maximum absolute atomic E-state index is 12.3. The fraction of sp³-hybridized carbons (Fsp3) is 0.611. The molecule has 0 unspecified atom stereocenters. The van der Waals surface area contributed by atoms with Crippen molar-refractivity contribution in [3.05, 3.63) is 23.5 Å². The fourth-order valence-electron chi connectivity index (χ4n) is 2.71. The van der Waals surface area contributed by atoms with Crippen LogP contribution < -0.4 is 5.06 Å². The van der Waals surface area contributed by atoms with Crippen LogP contribution in [0, 0.1) is 11.3 Å². The predicted molar refractivity (Wildman–Crippen MR) is 87.2 cm³/mol. The highest BCUT2D eigenvalue weighted by atomic mass is 16.7. The van der Waals surface area contributed by atoms with Crippen molar-refractivity contribution in [1.82, 2.24) is 4.98 Å². The highest BCUT2D eigenvalue weighted by Crippen LogP contribution is 2.42. The van der Waals surface area contributed by atoms with Gasteiger partial charge in [-0.1, -0.05) is 13.8 Å². The summed E-state index contributed by atoms with van der Waals surface area (Å²) in [5.41, 5.74) is 1.51. The van der Waals surface area contributed by atoms with Gasteiger partial charge < -0.3 is 4.84 Å². The summed E-state index contributed by atoms with van der Waals surface area (Å²) in [7, 11) is 0. The van der Waals surface area contributed by atoms with Gasteiger partial charge >= 0.3 is 5.97 Å². The minimum Gasteiger partial charge on any atom is -0.340 e. The number of nitrogens with zero attached hydrogens (tertiary/aromatic N) is 2. The third kappa shape index (κ3) is 2.96. The topological polar surface area (TPSA) is 59.5 Å². The molecule has 1 saturated carbocycles. The molecule has 5 nitrogen and oxygen atoms in total. The Kier molecular flexibility index (Phi) is 3.50. The van der Waals surface area contributed by atoms with Crippen molar-refractivity contribution < 1.29 is 14.4 Å². The first kappa shape index (κ1) is 16.0. The van der Waals surface area contributed by atoms with Crippen LogP contribution in [0.3, 0.4) is 0 Å². The molecule has 0 amide bonds. The van der Waals surface area contributed by atoms with Crippen molar-refractivity contribution in [3.63, 3.8) is 0 Å². The minimum atomic E-state index is -0.577. The van der Waals surface area contributed by atoms with Crippen LogP contribution in [-0.2, 0) is 15.0 Å². The van der Waals surface area contributed by atoms with Crippen molar-refractivity contribution in [1.29, 1.82) is 0 Å². The maximum Gasteiger partial charge on any atom is 0.337 e. The zero-order chi connectivity index (χ0) is 17.0. The first-order chi connectivity index (χ1) is 10.6. The van der Waals surface area contributed by atoms with Gasteiger partial charge in [-0.05, 0) is 39.7 Å². The minimum absolute atomic E-state index is 0.0969. The molecule has 0 atom stereocenters. The zero-order valence-electron chi connectivity index (χ0n) is 14.5. The Morgan fingerprint density at radius 1 is 1.30 bits per heavy atom. The summed E-state index contributed by atoms with van der Waals surface area (Å²) in [6.07, 6.45) is 3.66. The lowest BCUT2D eigenvalue weighted by Crippen LogP contribution is -2.35. The molecule has 1 fully saturated rings. The van der Waals surface area contributed by atoms with Gasteiger partial charge in [0.05, 0.1) is 17.6 Å². The number of rotatable bonds is 3. The van der Waals surface area contributed by atoms with Crippen LogP contribution in [0.4, 0.5) is 5.69 Å². The Balaban J connectivity index is 1.92. The summed E-state index contributed by atoms with van der Waals surface area (Å²) in [6, 6.07) is 1.78. The Hall–Kier alpha value is -1.91. The summed E-state index contributed by atoms with van der Waals surface area (Å²) in [5.74, 6) is -0.0619. The summed E-state index contributed by atoms with van der Waals surface area (Å²) in [5, 5.41) is 1.62. The molecule has 0 aromatic carbocycles. The first-order valence-electron chi connectivity index (χ1n) is 8.14. The van der Waals surface area contributed by atoms with E-state index in [0.717, 1.165) is 24.1 Å². The number of aromatic nitrogens is 1. The van der Waals surface area contributed by atoms with Gasteiger partial charge in [0, 0.05) is 23.1 Å². The van der Waals surface area contributed by atoms with Crippen LogP contribution in [0.25, 0.3) is 0 Å². The molecule has 23 heavy (non-hydrogen) atoms. The third-order valence-corrected chi connectivity index (χ3v) is 4.42. The first-order valence-corrected chi connectivity index (χ1v) is 8.14. The van der Waals surface area contributed by atoms with Crippen LogP contribution in [0.2, 0.25) is 0 Å². The van der Waals surface area contributed by atoms with Gasteiger partial charge in [0.1, 0.15) is 5.69 Å². The highest BCUT2D eigenvalue weighted by molar-refractivity contribution is 5.98. The van der Waals surface area contributed by atoms with Crippen molar-refractivity contribution in [2.24, 2.45) is 11.3 Å². The fourth-order valence-corrected chi connectivity index (χ4v) is 2.71. The number of carbonyl (C=O) groups excluding carboxylic acids is 2. The van der Waals surface area contributed by atoms with Gasteiger partial charge in [-0.3, -0.25) is 9.78 Å². The Bertz CT molecular complexity index is 669. The molecule has 2 heterocycles. The maximum atomic E-state index is 12.3. The van der Waals surface area contributed by atoms with E-state index in [4.69, 9.17) is 4.84 Å². The van der Waals surface area contributed by atoms with E-state index in [9.17, 15) is 9.59 Å². The lowest BCUT2D eigenvalue weighted by Gasteiger charge is -2.25. The van der Waals surface area contributed by atoms with Crippen molar-refractivity contribution in [2.45, 2.75) is 52.9 Å². The van der Waals surface area contributed by atoms with Crippen molar-refractivity contribution in [2.75, 3.05) is 11.6 Å². The molecular formula is C18H24N2O3. The second-order valence-electron chi connectivity index (χ2n) is 8.27. The van der Waals surface area contributed by atoms with E-state index in [2.05, 4.69) is 18.8 Å². The average Bonchev–Trinajstić information content (AvgIpc) is 3.25. The second kappa shape index (κ2) is 5.05. The third-order valence-electron chi connectivity index (χ3n) is 4.42. The molecular weight excluding hydrogens is 292 g/mol. The number of carbonyl (C=O) groups is 2. The number of hydrogen-bond acceptors (Lipinski definition) is 5. The molecule has 5 heteroatoms.